The van der Waals surface area contributed by atoms with Gasteiger partial charge in [0, 0.05) is 12.7 Å². The average Bonchev–Trinajstić information content (AvgIpc) is 2.62. The van der Waals surface area contributed by atoms with Crippen LogP contribution in [-0.2, 0) is 16.0 Å². The maximum absolute atomic E-state index is 12.2. The third-order valence-electron chi connectivity index (χ3n) is 4.47. The number of amides is 2. The maximum Gasteiger partial charge on any atom is 0.254 e. The highest BCUT2D eigenvalue weighted by molar-refractivity contribution is 5.97. The molecular formula is C20H33N3O3. The molecule has 146 valence electrons. The molecule has 0 unspecified atom stereocenters. The summed E-state index contributed by atoms with van der Waals surface area (Å²) in [5.74, 6) is -1.64. The number of hydrogen-bond donors (Lipinski definition) is 3. The van der Waals surface area contributed by atoms with Gasteiger partial charge in [0.2, 0.25) is 5.91 Å². The number of aryl methyl sites for hydroxylation is 1. The minimum Gasteiger partial charge on any atom is -0.382 e. The number of carbonyl (C=O) groups is 2. The van der Waals surface area contributed by atoms with Crippen molar-refractivity contribution in [2.24, 2.45) is 5.92 Å². The van der Waals surface area contributed by atoms with Crippen LogP contribution in [0.5, 0.6) is 0 Å². The molecule has 0 aliphatic carbocycles. The fourth-order valence-electron chi connectivity index (χ4n) is 2.83. The average molecular weight is 364 g/mol. The highest BCUT2D eigenvalue weighted by Crippen LogP contribution is 2.15. The van der Waals surface area contributed by atoms with E-state index in [0.29, 0.717) is 12.1 Å². The SMILES string of the molecule is CC[C@@H](C(=O)NC)[C@@H](O)C(=O)Nc1ccc(CCCCCN(C)C)cc1. The summed E-state index contributed by atoms with van der Waals surface area (Å²) >= 11 is 0. The Balaban J connectivity index is 2.48. The van der Waals surface area contributed by atoms with Crippen molar-refractivity contribution in [2.45, 2.75) is 45.1 Å². The Hall–Kier alpha value is -1.92. The molecule has 1 aromatic rings. The minimum absolute atomic E-state index is 0.334. The number of aliphatic hydroxyl groups is 1. The van der Waals surface area contributed by atoms with Crippen molar-refractivity contribution in [3.8, 4) is 0 Å². The number of hydrogen-bond acceptors (Lipinski definition) is 4. The van der Waals surface area contributed by atoms with E-state index in [1.807, 2.05) is 24.3 Å². The number of aliphatic hydroxyl groups excluding tert-OH is 1. The Labute approximate surface area is 157 Å². The van der Waals surface area contributed by atoms with Gasteiger partial charge in [-0.2, -0.15) is 0 Å². The van der Waals surface area contributed by atoms with Gasteiger partial charge in [0.1, 0.15) is 6.10 Å². The van der Waals surface area contributed by atoms with E-state index in [1.54, 1.807) is 6.92 Å². The molecule has 0 radical (unpaired) electrons. The molecule has 26 heavy (non-hydrogen) atoms. The van der Waals surface area contributed by atoms with E-state index in [9.17, 15) is 14.7 Å². The molecule has 0 aliphatic rings. The van der Waals surface area contributed by atoms with Crippen molar-refractivity contribution in [2.75, 3.05) is 33.0 Å². The molecule has 6 nitrogen and oxygen atoms in total. The second kappa shape index (κ2) is 11.6. The third kappa shape index (κ3) is 7.54. The zero-order valence-corrected chi connectivity index (χ0v) is 16.4. The van der Waals surface area contributed by atoms with Crippen LogP contribution in [0.15, 0.2) is 24.3 Å². The molecule has 6 heteroatoms. The summed E-state index contributed by atoms with van der Waals surface area (Å²) in [5, 5.41) is 15.3. The lowest BCUT2D eigenvalue weighted by Crippen LogP contribution is -2.42. The van der Waals surface area contributed by atoms with Crippen LogP contribution in [0.2, 0.25) is 0 Å². The lowest BCUT2D eigenvalue weighted by Gasteiger charge is -2.19. The van der Waals surface area contributed by atoms with E-state index in [4.69, 9.17) is 0 Å². The molecule has 0 saturated carbocycles. The third-order valence-corrected chi connectivity index (χ3v) is 4.47. The fourth-order valence-corrected chi connectivity index (χ4v) is 2.83. The van der Waals surface area contributed by atoms with Crippen LogP contribution in [0.1, 0.15) is 38.2 Å². The predicted octanol–water partition coefficient (Wildman–Crippen LogP) is 2.03. The van der Waals surface area contributed by atoms with Gasteiger partial charge in [0.25, 0.3) is 5.91 Å². The molecule has 0 aromatic heterocycles. The quantitative estimate of drug-likeness (QED) is 0.526. The Kier molecular flexibility index (Phi) is 9.91. The van der Waals surface area contributed by atoms with Crippen LogP contribution >= 0.6 is 0 Å². The Morgan fingerprint density at radius 3 is 2.27 bits per heavy atom. The van der Waals surface area contributed by atoms with E-state index in [0.717, 1.165) is 19.4 Å². The summed E-state index contributed by atoms with van der Waals surface area (Å²) in [4.78, 5) is 26.1. The van der Waals surface area contributed by atoms with Crippen LogP contribution in [-0.4, -0.2) is 55.6 Å². The Morgan fingerprint density at radius 2 is 1.73 bits per heavy atom. The van der Waals surface area contributed by atoms with E-state index < -0.39 is 17.9 Å². The molecule has 1 aromatic carbocycles. The molecule has 0 fully saturated rings. The van der Waals surface area contributed by atoms with Gasteiger partial charge in [-0.1, -0.05) is 25.5 Å². The van der Waals surface area contributed by atoms with E-state index in [2.05, 4.69) is 29.6 Å². The molecule has 0 heterocycles. The van der Waals surface area contributed by atoms with Gasteiger partial charge in [-0.25, -0.2) is 0 Å². The normalized spacial score (nSPS) is 13.3. The van der Waals surface area contributed by atoms with Crippen molar-refractivity contribution >= 4 is 17.5 Å². The number of unbranched alkanes of at least 4 members (excludes halogenated alkanes) is 2. The standard InChI is InChI=1S/C20H33N3O3/c1-5-17(19(25)21-2)18(24)20(26)22-16-12-10-15(11-13-16)9-7-6-8-14-23(3)4/h10-13,17-18,24H,5-9,14H2,1-4H3,(H,21,25)(H,22,26)/t17-,18-/m1/s1. The zero-order valence-electron chi connectivity index (χ0n) is 16.4. The second-order valence-electron chi connectivity index (χ2n) is 6.87. The molecule has 0 aliphatic heterocycles. The van der Waals surface area contributed by atoms with Crippen molar-refractivity contribution < 1.29 is 14.7 Å². The van der Waals surface area contributed by atoms with Crippen LogP contribution in [0.3, 0.4) is 0 Å². The monoisotopic (exact) mass is 363 g/mol. The zero-order chi connectivity index (χ0) is 19.5. The molecule has 0 saturated heterocycles. The van der Waals surface area contributed by atoms with Crippen molar-refractivity contribution in [3.05, 3.63) is 29.8 Å². The topological polar surface area (TPSA) is 81.7 Å². The van der Waals surface area contributed by atoms with E-state index >= 15 is 0 Å². The van der Waals surface area contributed by atoms with Crippen molar-refractivity contribution in [1.82, 2.24) is 10.2 Å². The maximum atomic E-state index is 12.2. The summed E-state index contributed by atoms with van der Waals surface area (Å²) in [5.41, 5.74) is 1.85. The van der Waals surface area contributed by atoms with Gasteiger partial charge in [0.15, 0.2) is 0 Å². The molecular weight excluding hydrogens is 330 g/mol. The van der Waals surface area contributed by atoms with Crippen LogP contribution in [0.25, 0.3) is 0 Å². The summed E-state index contributed by atoms with van der Waals surface area (Å²) in [6.07, 6.45) is 3.57. The van der Waals surface area contributed by atoms with Crippen molar-refractivity contribution in [3.63, 3.8) is 0 Å². The summed E-state index contributed by atoms with van der Waals surface area (Å²) in [6, 6.07) is 7.65. The summed E-state index contributed by atoms with van der Waals surface area (Å²) < 4.78 is 0. The van der Waals surface area contributed by atoms with Crippen LogP contribution < -0.4 is 10.6 Å². The van der Waals surface area contributed by atoms with Gasteiger partial charge >= 0.3 is 0 Å². The Morgan fingerprint density at radius 1 is 1.08 bits per heavy atom. The first kappa shape index (κ1) is 22.1. The van der Waals surface area contributed by atoms with E-state index in [1.165, 1.54) is 25.5 Å². The predicted molar refractivity (Wildman–Crippen MR) is 105 cm³/mol. The molecule has 1 rings (SSSR count). The lowest BCUT2D eigenvalue weighted by molar-refractivity contribution is -0.136. The lowest BCUT2D eigenvalue weighted by atomic mass is 9.97. The van der Waals surface area contributed by atoms with Gasteiger partial charge in [-0.05, 0) is 64.0 Å². The summed E-state index contributed by atoms with van der Waals surface area (Å²) in [6.45, 7) is 2.88. The highest BCUT2D eigenvalue weighted by Gasteiger charge is 2.30. The number of nitrogens with zero attached hydrogens (tertiary/aromatic N) is 1. The first-order chi connectivity index (χ1) is 12.4. The van der Waals surface area contributed by atoms with Crippen LogP contribution in [0, 0.1) is 5.92 Å². The number of carbonyl (C=O) groups excluding carboxylic acids is 2. The number of benzene rings is 1. The first-order valence-electron chi connectivity index (χ1n) is 9.33. The number of rotatable bonds is 11. The largest absolute Gasteiger partial charge is 0.382 e. The van der Waals surface area contributed by atoms with E-state index in [-0.39, 0.29) is 5.91 Å². The smallest absolute Gasteiger partial charge is 0.254 e. The molecule has 0 bridgehead atoms. The van der Waals surface area contributed by atoms with Gasteiger partial charge in [0.05, 0.1) is 5.92 Å². The fraction of sp³-hybridized carbons (Fsp3) is 0.600. The first-order valence-corrected chi connectivity index (χ1v) is 9.33. The molecule has 2 atom stereocenters. The van der Waals surface area contributed by atoms with Gasteiger partial charge < -0.3 is 20.6 Å². The minimum atomic E-state index is -1.36. The molecule has 2 amide bonds. The van der Waals surface area contributed by atoms with Crippen LogP contribution in [0.4, 0.5) is 5.69 Å². The van der Waals surface area contributed by atoms with Gasteiger partial charge in [-0.15, -0.1) is 0 Å². The molecule has 0 spiro atoms. The van der Waals surface area contributed by atoms with Gasteiger partial charge in [-0.3, -0.25) is 9.59 Å². The Bertz CT molecular complexity index is 558. The summed E-state index contributed by atoms with van der Waals surface area (Å²) in [7, 11) is 5.66. The molecule has 3 N–H and O–H groups in total. The van der Waals surface area contributed by atoms with Crippen molar-refractivity contribution in [1.29, 1.82) is 0 Å². The number of anilines is 1. The second-order valence-corrected chi connectivity index (χ2v) is 6.87. The number of nitrogens with one attached hydrogen (secondary N) is 2. The highest BCUT2D eigenvalue weighted by atomic mass is 16.3.